The van der Waals surface area contributed by atoms with E-state index in [2.05, 4.69) is 22.3 Å². The van der Waals surface area contributed by atoms with Crippen LogP contribution in [0.5, 0.6) is 5.75 Å². The summed E-state index contributed by atoms with van der Waals surface area (Å²) >= 11 is 6.73. The molecule has 0 bridgehead atoms. The Bertz CT molecular complexity index is 1050. The monoisotopic (exact) mass is 428 g/mol. The number of H-pyrrole nitrogens is 1. The molecule has 0 saturated carbocycles. The van der Waals surface area contributed by atoms with Crippen molar-refractivity contribution in [3.8, 4) is 16.2 Å². The summed E-state index contributed by atoms with van der Waals surface area (Å²) in [6, 6.07) is 12.1. The molecule has 29 heavy (non-hydrogen) atoms. The number of carbonyl (C=O) groups is 1. The Morgan fingerprint density at radius 3 is 2.66 bits per heavy atom. The second-order valence-corrected chi connectivity index (χ2v) is 8.55. The molecule has 1 aliphatic rings. The molecule has 1 aromatic carbocycles. The van der Waals surface area contributed by atoms with Gasteiger partial charge in [0.1, 0.15) is 16.5 Å². The molecule has 4 rings (SSSR count). The van der Waals surface area contributed by atoms with Crippen LogP contribution in [0.1, 0.15) is 41.2 Å². The zero-order valence-electron chi connectivity index (χ0n) is 16.6. The number of carbonyl (C=O) groups excluding carboxylic acids is 1. The van der Waals surface area contributed by atoms with E-state index in [-0.39, 0.29) is 5.91 Å². The maximum absolute atomic E-state index is 13.3. The van der Waals surface area contributed by atoms with Crippen LogP contribution in [0.4, 0.5) is 0 Å². The lowest BCUT2D eigenvalue weighted by molar-refractivity contribution is 0.0711. The number of aromatic nitrogens is 3. The van der Waals surface area contributed by atoms with Gasteiger partial charge in [0.25, 0.3) is 5.91 Å². The summed E-state index contributed by atoms with van der Waals surface area (Å²) in [7, 11) is 1.93. The SMILES string of the molecule is CCOc1cc(-c2ccccc2)sc1C(=O)N1CCC(c2n[nH]c(=S)n2C)CC1. The summed E-state index contributed by atoms with van der Waals surface area (Å²) in [6.45, 7) is 3.88. The molecule has 0 spiro atoms. The van der Waals surface area contributed by atoms with Gasteiger partial charge in [-0.15, -0.1) is 11.3 Å². The lowest BCUT2D eigenvalue weighted by Crippen LogP contribution is -2.38. The minimum Gasteiger partial charge on any atom is -0.492 e. The average molecular weight is 429 g/mol. The summed E-state index contributed by atoms with van der Waals surface area (Å²) in [6.07, 6.45) is 1.75. The van der Waals surface area contributed by atoms with E-state index in [0.717, 1.165) is 29.1 Å². The van der Waals surface area contributed by atoms with Crippen molar-refractivity contribution in [3.05, 3.63) is 51.9 Å². The molecule has 1 N–H and O–H groups in total. The number of likely N-dealkylation sites (tertiary alicyclic amines) is 1. The number of hydrogen-bond donors (Lipinski definition) is 1. The van der Waals surface area contributed by atoms with Crippen molar-refractivity contribution >= 4 is 29.5 Å². The summed E-state index contributed by atoms with van der Waals surface area (Å²) in [5, 5.41) is 7.22. The molecule has 3 heterocycles. The molecule has 3 aromatic rings. The maximum atomic E-state index is 13.3. The van der Waals surface area contributed by atoms with Crippen molar-refractivity contribution in [1.29, 1.82) is 0 Å². The van der Waals surface area contributed by atoms with Gasteiger partial charge < -0.3 is 14.2 Å². The second-order valence-electron chi connectivity index (χ2n) is 7.12. The van der Waals surface area contributed by atoms with Crippen molar-refractivity contribution < 1.29 is 9.53 Å². The van der Waals surface area contributed by atoms with Gasteiger partial charge in [-0.2, -0.15) is 5.10 Å². The van der Waals surface area contributed by atoms with Gasteiger partial charge >= 0.3 is 0 Å². The minimum atomic E-state index is 0.0504. The van der Waals surface area contributed by atoms with Crippen LogP contribution in [0.3, 0.4) is 0 Å². The first-order valence-corrected chi connectivity index (χ1v) is 11.0. The molecule has 0 radical (unpaired) electrons. The highest BCUT2D eigenvalue weighted by Gasteiger charge is 2.29. The number of rotatable bonds is 5. The topological polar surface area (TPSA) is 63.1 Å². The Labute approximate surface area is 179 Å². The van der Waals surface area contributed by atoms with Crippen LogP contribution in [0, 0.1) is 4.77 Å². The smallest absolute Gasteiger partial charge is 0.267 e. The Hall–Kier alpha value is -2.45. The standard InChI is InChI=1S/C21H24N4O2S2/c1-3-27-16-13-17(14-7-5-4-6-8-14)29-18(16)20(26)25-11-9-15(10-12-25)19-22-23-21(28)24(19)2/h4-8,13,15H,3,9-12H2,1-2H3,(H,23,28). The minimum absolute atomic E-state index is 0.0504. The highest BCUT2D eigenvalue weighted by Crippen LogP contribution is 2.38. The number of amides is 1. The number of ether oxygens (including phenoxy) is 1. The zero-order valence-corrected chi connectivity index (χ0v) is 18.2. The third-order valence-electron chi connectivity index (χ3n) is 5.31. The van der Waals surface area contributed by atoms with Crippen molar-refractivity contribution in [1.82, 2.24) is 19.7 Å². The fraction of sp³-hybridized carbons (Fsp3) is 0.381. The first kappa shape index (κ1) is 19.8. The molecule has 152 valence electrons. The van der Waals surface area contributed by atoms with Crippen LogP contribution < -0.4 is 4.74 Å². The Kier molecular flexibility index (Phi) is 5.82. The van der Waals surface area contributed by atoms with Crippen LogP contribution in [0.2, 0.25) is 0 Å². The maximum Gasteiger partial charge on any atom is 0.267 e. The largest absolute Gasteiger partial charge is 0.492 e. The van der Waals surface area contributed by atoms with E-state index >= 15 is 0 Å². The lowest BCUT2D eigenvalue weighted by atomic mass is 9.96. The van der Waals surface area contributed by atoms with Crippen LogP contribution in [0.15, 0.2) is 36.4 Å². The average Bonchev–Trinajstić information content (AvgIpc) is 3.32. The highest BCUT2D eigenvalue weighted by molar-refractivity contribution is 7.71. The molecule has 0 unspecified atom stereocenters. The van der Waals surface area contributed by atoms with Gasteiger partial charge in [-0.3, -0.25) is 9.89 Å². The molecule has 0 atom stereocenters. The van der Waals surface area contributed by atoms with E-state index < -0.39 is 0 Å². The molecule has 8 heteroatoms. The molecule has 1 amide bonds. The fourth-order valence-electron chi connectivity index (χ4n) is 3.74. The first-order chi connectivity index (χ1) is 14.1. The van der Waals surface area contributed by atoms with Crippen LogP contribution in [-0.2, 0) is 7.05 Å². The quantitative estimate of drug-likeness (QED) is 0.602. The highest BCUT2D eigenvalue weighted by atomic mass is 32.1. The van der Waals surface area contributed by atoms with Crippen LogP contribution >= 0.6 is 23.6 Å². The van der Waals surface area contributed by atoms with Gasteiger partial charge in [0.15, 0.2) is 4.77 Å². The van der Waals surface area contributed by atoms with Gasteiger partial charge in [0.2, 0.25) is 0 Å². The predicted octanol–water partition coefficient (Wildman–Crippen LogP) is 4.62. The van der Waals surface area contributed by atoms with Gasteiger partial charge in [-0.1, -0.05) is 30.3 Å². The third kappa shape index (κ3) is 4.00. The van der Waals surface area contributed by atoms with Crippen molar-refractivity contribution in [3.63, 3.8) is 0 Å². The lowest BCUT2D eigenvalue weighted by Gasteiger charge is -2.31. The van der Waals surface area contributed by atoms with Gasteiger partial charge in [0.05, 0.1) is 6.61 Å². The van der Waals surface area contributed by atoms with Crippen molar-refractivity contribution in [2.24, 2.45) is 7.05 Å². The normalized spacial score (nSPS) is 14.9. The number of hydrogen-bond acceptors (Lipinski definition) is 5. The molecule has 0 aliphatic carbocycles. The number of nitrogens with one attached hydrogen (secondary N) is 1. The molecule has 6 nitrogen and oxygen atoms in total. The van der Waals surface area contributed by atoms with E-state index in [1.807, 2.05) is 47.7 Å². The molecule has 1 saturated heterocycles. The summed E-state index contributed by atoms with van der Waals surface area (Å²) in [5.74, 6) is 2.01. The summed E-state index contributed by atoms with van der Waals surface area (Å²) in [5.41, 5.74) is 1.10. The van der Waals surface area contributed by atoms with E-state index in [4.69, 9.17) is 17.0 Å². The molecular formula is C21H24N4O2S2. The van der Waals surface area contributed by atoms with Crippen molar-refractivity contribution in [2.75, 3.05) is 19.7 Å². The summed E-state index contributed by atoms with van der Waals surface area (Å²) in [4.78, 5) is 16.9. The van der Waals surface area contributed by atoms with E-state index in [1.54, 1.807) is 0 Å². The fourth-order valence-corrected chi connectivity index (χ4v) is 4.95. The molecule has 1 fully saturated rings. The third-order valence-corrected chi connectivity index (χ3v) is 6.83. The van der Waals surface area contributed by atoms with Gasteiger partial charge in [0, 0.05) is 30.9 Å². The number of nitrogens with zero attached hydrogens (tertiary/aromatic N) is 3. The summed E-state index contributed by atoms with van der Waals surface area (Å²) < 4.78 is 8.35. The van der Waals surface area contributed by atoms with E-state index in [0.29, 0.717) is 41.0 Å². The van der Waals surface area contributed by atoms with Crippen LogP contribution in [-0.4, -0.2) is 45.3 Å². The Morgan fingerprint density at radius 2 is 2.03 bits per heavy atom. The Morgan fingerprint density at radius 1 is 1.31 bits per heavy atom. The van der Waals surface area contributed by atoms with Gasteiger partial charge in [-0.25, -0.2) is 0 Å². The second kappa shape index (κ2) is 8.51. The zero-order chi connectivity index (χ0) is 20.4. The molecular weight excluding hydrogens is 404 g/mol. The van der Waals surface area contributed by atoms with E-state index in [1.165, 1.54) is 11.3 Å². The van der Waals surface area contributed by atoms with Crippen molar-refractivity contribution in [2.45, 2.75) is 25.7 Å². The predicted molar refractivity (Wildman–Crippen MR) is 117 cm³/mol. The molecule has 2 aromatic heterocycles. The number of thiophene rings is 1. The number of aromatic amines is 1. The molecule has 1 aliphatic heterocycles. The Balaban J connectivity index is 1.52. The van der Waals surface area contributed by atoms with Crippen LogP contribution in [0.25, 0.3) is 10.4 Å². The van der Waals surface area contributed by atoms with Gasteiger partial charge in [-0.05, 0) is 43.6 Å². The first-order valence-electron chi connectivity index (χ1n) is 9.81. The number of piperidine rings is 1. The van der Waals surface area contributed by atoms with E-state index in [9.17, 15) is 4.79 Å². The number of benzene rings is 1.